The molecule has 10 heteroatoms. The van der Waals surface area contributed by atoms with Gasteiger partial charge in [0.15, 0.2) is 0 Å². The molecule has 4 aliphatic rings. The number of aromatic nitrogens is 2. The highest BCUT2D eigenvalue weighted by atomic mass is 16.5. The van der Waals surface area contributed by atoms with Crippen LogP contribution in [0.2, 0.25) is 0 Å². The highest BCUT2D eigenvalue weighted by Crippen LogP contribution is 2.47. The zero-order valence-electron chi connectivity index (χ0n) is 24.6. The van der Waals surface area contributed by atoms with Crippen LogP contribution in [-0.4, -0.2) is 80.7 Å². The zero-order chi connectivity index (χ0) is 29.7. The Morgan fingerprint density at radius 3 is 2.88 bits per heavy atom. The molecule has 3 aromatic rings. The summed E-state index contributed by atoms with van der Waals surface area (Å²) in [6.07, 6.45) is 4.69. The first-order valence-corrected chi connectivity index (χ1v) is 15.2. The lowest BCUT2D eigenvalue weighted by molar-refractivity contribution is -0.128. The van der Waals surface area contributed by atoms with E-state index in [2.05, 4.69) is 52.5 Å². The molecule has 2 fully saturated rings. The molecular formula is C33H37N7O3. The summed E-state index contributed by atoms with van der Waals surface area (Å²) in [5, 5.41) is 22.9. The number of carbonyl (C=O) groups is 1. The van der Waals surface area contributed by atoms with E-state index in [-0.39, 0.29) is 24.4 Å². The molecule has 0 bridgehead atoms. The van der Waals surface area contributed by atoms with Gasteiger partial charge in [-0.2, -0.15) is 15.2 Å². The molecule has 1 amide bonds. The van der Waals surface area contributed by atoms with Gasteiger partial charge in [0.25, 0.3) is 0 Å². The first kappa shape index (κ1) is 27.6. The van der Waals surface area contributed by atoms with Crippen LogP contribution in [0.1, 0.15) is 54.6 Å². The third-order valence-electron chi connectivity index (χ3n) is 9.72. The van der Waals surface area contributed by atoms with Crippen molar-refractivity contribution in [1.29, 1.82) is 5.26 Å². The first-order valence-electron chi connectivity index (χ1n) is 15.2. The van der Waals surface area contributed by atoms with E-state index in [4.69, 9.17) is 14.7 Å². The highest BCUT2D eigenvalue weighted by molar-refractivity contribution is 5.93. The van der Waals surface area contributed by atoms with Crippen molar-refractivity contribution < 1.29 is 14.6 Å². The van der Waals surface area contributed by atoms with Crippen LogP contribution < -0.4 is 9.64 Å². The molecule has 4 heterocycles. The fourth-order valence-corrected chi connectivity index (χ4v) is 7.45. The number of anilines is 1. The largest absolute Gasteiger partial charge is 0.508 e. The number of nitriles is 1. The second-order valence-electron chi connectivity index (χ2n) is 12.2. The van der Waals surface area contributed by atoms with Crippen LogP contribution in [-0.2, 0) is 24.3 Å². The topological polar surface area (TPSA) is 109 Å². The fraction of sp³-hybridized carbons (Fsp3) is 0.455. The number of ether oxygens (including phenoxy) is 1. The van der Waals surface area contributed by atoms with Crippen LogP contribution in [0, 0.1) is 11.3 Å². The molecule has 222 valence electrons. The fourth-order valence-electron chi connectivity index (χ4n) is 7.45. The lowest BCUT2D eigenvalue weighted by Crippen LogP contribution is -2.55. The van der Waals surface area contributed by atoms with Gasteiger partial charge in [-0.3, -0.25) is 14.6 Å². The van der Waals surface area contributed by atoms with Gasteiger partial charge in [-0.15, -0.1) is 0 Å². The third-order valence-corrected chi connectivity index (χ3v) is 9.72. The van der Waals surface area contributed by atoms with Gasteiger partial charge in [-0.1, -0.05) is 30.8 Å². The summed E-state index contributed by atoms with van der Waals surface area (Å²) >= 11 is 0. The van der Waals surface area contributed by atoms with Crippen molar-refractivity contribution in [2.45, 2.75) is 63.8 Å². The van der Waals surface area contributed by atoms with Crippen LogP contribution >= 0.6 is 0 Å². The number of amides is 1. The van der Waals surface area contributed by atoms with Crippen molar-refractivity contribution in [2.75, 3.05) is 37.8 Å². The number of hydrogen-bond acceptors (Lipinski definition) is 9. The Labute approximate surface area is 251 Å². The Balaban J connectivity index is 1.21. The number of rotatable bonds is 7. The monoisotopic (exact) mass is 579 g/mol. The van der Waals surface area contributed by atoms with Crippen LogP contribution in [0.4, 0.5) is 5.82 Å². The minimum Gasteiger partial charge on any atom is -0.508 e. The Morgan fingerprint density at radius 2 is 2.09 bits per heavy atom. The number of hydrogen-bond donors (Lipinski definition) is 1. The lowest BCUT2D eigenvalue weighted by atomic mass is 10.0. The quantitative estimate of drug-likeness (QED) is 0.417. The summed E-state index contributed by atoms with van der Waals surface area (Å²) in [5.41, 5.74) is 4.21. The Kier molecular flexibility index (Phi) is 7.15. The van der Waals surface area contributed by atoms with E-state index in [1.54, 1.807) is 11.0 Å². The van der Waals surface area contributed by atoms with Gasteiger partial charge in [0.05, 0.1) is 24.2 Å². The molecular weight excluding hydrogens is 542 g/mol. The number of aromatic hydroxyl groups is 1. The Bertz CT molecular complexity index is 1630. The predicted molar refractivity (Wildman–Crippen MR) is 162 cm³/mol. The third kappa shape index (κ3) is 4.86. The number of benzene rings is 2. The molecule has 2 aromatic carbocycles. The second-order valence-corrected chi connectivity index (χ2v) is 12.2. The minimum atomic E-state index is -0.263. The van der Waals surface area contributed by atoms with Crippen LogP contribution in [0.25, 0.3) is 10.8 Å². The summed E-state index contributed by atoms with van der Waals surface area (Å²) in [7, 11) is 0. The Hall–Kier alpha value is -4.20. The van der Waals surface area contributed by atoms with E-state index < -0.39 is 0 Å². The number of carbonyl (C=O) groups excluding carboxylic acids is 1. The van der Waals surface area contributed by atoms with Crippen molar-refractivity contribution in [3.8, 4) is 17.8 Å². The van der Waals surface area contributed by atoms with Gasteiger partial charge in [0.2, 0.25) is 5.91 Å². The summed E-state index contributed by atoms with van der Waals surface area (Å²) < 4.78 is 6.23. The average molecular weight is 580 g/mol. The zero-order valence-corrected chi connectivity index (χ0v) is 24.6. The van der Waals surface area contributed by atoms with Crippen molar-refractivity contribution in [3.05, 3.63) is 65.4 Å². The summed E-state index contributed by atoms with van der Waals surface area (Å²) in [6, 6.07) is 13.0. The van der Waals surface area contributed by atoms with Gasteiger partial charge < -0.3 is 19.6 Å². The standard InChI is InChI=1S/C33H37N7O3/c1-3-29(42)40-15-14-37(17-24(40)11-12-34)32-25-18-39(19-26(25)35-33(36-32)43-20-38-13-5-6-21(38)2)27-16-23-8-4-7-22-9-10-28(41)31(27)30(22)23/h3-4,7-10,21,24,27,41H,1,5-6,11,13-20H2,2H3/t21?,24-,27?/m0/s1. The van der Waals surface area contributed by atoms with Crippen molar-refractivity contribution in [3.63, 3.8) is 0 Å². The number of phenolic OH excluding ortho intramolecular Hbond substituents is 1. The van der Waals surface area contributed by atoms with E-state index in [1.807, 2.05) is 6.07 Å². The molecule has 43 heavy (non-hydrogen) atoms. The molecule has 3 atom stereocenters. The molecule has 10 nitrogen and oxygen atoms in total. The first-order chi connectivity index (χ1) is 20.9. The maximum Gasteiger partial charge on any atom is 0.319 e. The van der Waals surface area contributed by atoms with Gasteiger partial charge in [0, 0.05) is 62.5 Å². The molecule has 1 N–H and O–H groups in total. The lowest BCUT2D eigenvalue weighted by Gasteiger charge is -2.41. The van der Waals surface area contributed by atoms with E-state index in [9.17, 15) is 15.2 Å². The van der Waals surface area contributed by atoms with Crippen LogP contribution in [0.15, 0.2) is 43.0 Å². The molecule has 2 unspecified atom stereocenters. The van der Waals surface area contributed by atoms with Gasteiger partial charge in [-0.25, -0.2) is 0 Å². The van der Waals surface area contributed by atoms with Crippen molar-refractivity contribution >= 4 is 22.5 Å². The molecule has 0 spiro atoms. The number of nitrogens with zero attached hydrogens (tertiary/aromatic N) is 7. The highest BCUT2D eigenvalue weighted by Gasteiger charge is 2.39. The van der Waals surface area contributed by atoms with Gasteiger partial charge in [0.1, 0.15) is 18.3 Å². The molecule has 0 saturated carbocycles. The molecule has 3 aliphatic heterocycles. The number of phenols is 1. The summed E-state index contributed by atoms with van der Waals surface area (Å²) in [6.45, 7) is 10.1. The number of piperazine rings is 1. The van der Waals surface area contributed by atoms with Gasteiger partial charge >= 0.3 is 6.01 Å². The van der Waals surface area contributed by atoms with E-state index in [1.165, 1.54) is 11.6 Å². The number of fused-ring (bicyclic) bond motifs is 1. The van der Waals surface area contributed by atoms with Crippen LogP contribution in [0.3, 0.4) is 0 Å². The van der Waals surface area contributed by atoms with E-state index >= 15 is 0 Å². The summed E-state index contributed by atoms with van der Waals surface area (Å²) in [5.74, 6) is 0.983. The predicted octanol–water partition coefficient (Wildman–Crippen LogP) is 3.89. The number of likely N-dealkylation sites (tertiary alicyclic amines) is 1. The van der Waals surface area contributed by atoms with E-state index in [0.29, 0.717) is 57.3 Å². The van der Waals surface area contributed by atoms with Crippen molar-refractivity contribution in [1.82, 2.24) is 24.7 Å². The summed E-state index contributed by atoms with van der Waals surface area (Å²) in [4.78, 5) is 31.1. The molecule has 2 saturated heterocycles. The van der Waals surface area contributed by atoms with Crippen molar-refractivity contribution in [2.24, 2.45) is 0 Å². The second kappa shape index (κ2) is 11.1. The smallest absolute Gasteiger partial charge is 0.319 e. The minimum absolute atomic E-state index is 0.0198. The molecule has 1 aliphatic carbocycles. The van der Waals surface area contributed by atoms with Gasteiger partial charge in [-0.05, 0) is 54.7 Å². The molecule has 7 rings (SSSR count). The SMILES string of the molecule is C=CC(=O)N1CCN(c2nc(OCN3CCCC3C)nc3c2CN(C2Cc4cccc5ccc(O)c2c45)C3)C[C@@H]1CC#N. The maximum atomic E-state index is 12.6. The maximum absolute atomic E-state index is 12.6. The van der Waals surface area contributed by atoms with E-state index in [0.717, 1.165) is 59.2 Å². The Morgan fingerprint density at radius 1 is 1.21 bits per heavy atom. The average Bonchev–Trinajstić information content (AvgIpc) is 3.74. The molecule has 0 radical (unpaired) electrons. The normalized spacial score (nSPS) is 23.5. The van der Waals surface area contributed by atoms with Crippen LogP contribution in [0.5, 0.6) is 11.8 Å². The molecule has 1 aromatic heterocycles.